The summed E-state index contributed by atoms with van der Waals surface area (Å²) in [7, 11) is 1.73. The van der Waals surface area contributed by atoms with Gasteiger partial charge in [0.2, 0.25) is 0 Å². The molecule has 1 aromatic carbocycles. The molecule has 0 bridgehead atoms. The molecule has 0 heterocycles. The zero-order valence-corrected chi connectivity index (χ0v) is 13.4. The van der Waals surface area contributed by atoms with Crippen LogP contribution in [0.4, 0.5) is 0 Å². The summed E-state index contributed by atoms with van der Waals surface area (Å²) >= 11 is 3.73. The molecule has 1 aromatic rings. The molecule has 0 aliphatic rings. The molecule has 2 heteroatoms. The van der Waals surface area contributed by atoms with E-state index in [1.54, 1.807) is 7.11 Å². The van der Waals surface area contributed by atoms with Gasteiger partial charge in [0.25, 0.3) is 0 Å². The van der Waals surface area contributed by atoms with E-state index in [9.17, 15) is 0 Å². The minimum atomic E-state index is 0.391. The van der Waals surface area contributed by atoms with Gasteiger partial charge in [0.05, 0.1) is 7.11 Å². The lowest BCUT2D eigenvalue weighted by Crippen LogP contribution is -2.25. The lowest BCUT2D eigenvalue weighted by Gasteiger charge is -2.31. The Morgan fingerprint density at radius 3 is 2.61 bits per heavy atom. The number of hydrogen-bond donors (Lipinski definition) is 0. The number of halogens is 1. The summed E-state index contributed by atoms with van der Waals surface area (Å²) in [5.41, 5.74) is 1.77. The third kappa shape index (κ3) is 4.31. The predicted octanol–water partition coefficient (Wildman–Crippen LogP) is 5.22. The number of methoxy groups -OCH3 is 1. The molecule has 102 valence electrons. The summed E-state index contributed by atoms with van der Waals surface area (Å²) in [5.74, 6) is 0.961. The van der Waals surface area contributed by atoms with Crippen LogP contribution in [0.3, 0.4) is 0 Å². The van der Waals surface area contributed by atoms with E-state index >= 15 is 0 Å². The second-order valence-electron chi connectivity index (χ2n) is 5.12. The van der Waals surface area contributed by atoms with Crippen molar-refractivity contribution in [2.45, 2.75) is 46.0 Å². The number of alkyl halides is 1. The van der Waals surface area contributed by atoms with E-state index < -0.39 is 0 Å². The number of benzene rings is 1. The molecule has 1 rings (SSSR count). The quantitative estimate of drug-likeness (QED) is 0.598. The number of unbranched alkanes of at least 4 members (excludes halogenated alkanes) is 1. The molecule has 0 saturated carbocycles. The number of hydrogen-bond acceptors (Lipinski definition) is 1. The third-order valence-electron chi connectivity index (χ3n) is 3.81. The highest BCUT2D eigenvalue weighted by atomic mass is 79.9. The van der Waals surface area contributed by atoms with Crippen molar-refractivity contribution in [3.63, 3.8) is 0 Å². The van der Waals surface area contributed by atoms with Crippen molar-refractivity contribution < 1.29 is 4.74 Å². The van der Waals surface area contributed by atoms with Gasteiger partial charge in [-0.2, -0.15) is 0 Å². The van der Waals surface area contributed by atoms with Crippen LogP contribution >= 0.6 is 15.9 Å². The Morgan fingerprint density at radius 2 is 2.06 bits per heavy atom. The maximum atomic E-state index is 5.31. The monoisotopic (exact) mass is 312 g/mol. The van der Waals surface area contributed by atoms with Crippen molar-refractivity contribution in [3.8, 4) is 5.75 Å². The average Bonchev–Trinajstić information content (AvgIpc) is 2.44. The van der Waals surface area contributed by atoms with Gasteiger partial charge in [0.1, 0.15) is 5.75 Å². The van der Waals surface area contributed by atoms with Crippen LogP contribution in [0.1, 0.15) is 45.1 Å². The molecule has 0 N–H and O–H groups in total. The summed E-state index contributed by atoms with van der Waals surface area (Å²) in [4.78, 5) is 0. The summed E-state index contributed by atoms with van der Waals surface area (Å²) < 4.78 is 5.31. The lowest BCUT2D eigenvalue weighted by atomic mass is 9.77. The summed E-state index contributed by atoms with van der Waals surface area (Å²) in [5, 5.41) is 1.08. The largest absolute Gasteiger partial charge is 0.497 e. The van der Waals surface area contributed by atoms with Crippen molar-refractivity contribution in [2.24, 2.45) is 5.41 Å². The second kappa shape index (κ2) is 7.83. The van der Waals surface area contributed by atoms with E-state index in [0.717, 1.165) is 17.5 Å². The molecule has 18 heavy (non-hydrogen) atoms. The van der Waals surface area contributed by atoms with Crippen molar-refractivity contribution in [3.05, 3.63) is 29.8 Å². The summed E-state index contributed by atoms with van der Waals surface area (Å²) in [6.07, 6.45) is 6.22. The van der Waals surface area contributed by atoms with Crippen LogP contribution < -0.4 is 4.74 Å². The predicted molar refractivity (Wildman–Crippen MR) is 82.7 cm³/mol. The van der Waals surface area contributed by atoms with Crippen LogP contribution in [0.25, 0.3) is 0 Å². The van der Waals surface area contributed by atoms with E-state index in [4.69, 9.17) is 4.74 Å². The Bertz CT molecular complexity index is 345. The highest BCUT2D eigenvalue weighted by Crippen LogP contribution is 2.35. The van der Waals surface area contributed by atoms with Gasteiger partial charge in [-0.3, -0.25) is 0 Å². The zero-order valence-electron chi connectivity index (χ0n) is 11.8. The van der Waals surface area contributed by atoms with Crippen molar-refractivity contribution in [2.75, 3.05) is 12.4 Å². The summed E-state index contributed by atoms with van der Waals surface area (Å²) in [6.45, 7) is 4.57. The zero-order chi connectivity index (χ0) is 13.4. The van der Waals surface area contributed by atoms with Crippen LogP contribution in [0.2, 0.25) is 0 Å². The van der Waals surface area contributed by atoms with Crippen LogP contribution in [-0.2, 0) is 6.42 Å². The normalized spacial score (nSPS) is 14.2. The van der Waals surface area contributed by atoms with Gasteiger partial charge in [-0.1, -0.05) is 54.8 Å². The SMILES string of the molecule is CCCCC(CC)(CBr)Cc1cccc(OC)c1. The maximum absolute atomic E-state index is 5.31. The average molecular weight is 313 g/mol. The van der Waals surface area contributed by atoms with Gasteiger partial charge in [-0.05, 0) is 42.4 Å². The van der Waals surface area contributed by atoms with Crippen molar-refractivity contribution in [1.82, 2.24) is 0 Å². The fraction of sp³-hybridized carbons (Fsp3) is 0.625. The van der Waals surface area contributed by atoms with E-state index in [1.807, 2.05) is 6.07 Å². The van der Waals surface area contributed by atoms with Gasteiger partial charge in [-0.15, -0.1) is 0 Å². The Morgan fingerprint density at radius 1 is 1.28 bits per heavy atom. The Hall–Kier alpha value is -0.500. The molecular weight excluding hydrogens is 288 g/mol. The van der Waals surface area contributed by atoms with Crippen LogP contribution in [0, 0.1) is 5.41 Å². The van der Waals surface area contributed by atoms with Crippen LogP contribution in [-0.4, -0.2) is 12.4 Å². The minimum absolute atomic E-state index is 0.391. The first-order valence-electron chi connectivity index (χ1n) is 6.88. The van der Waals surface area contributed by atoms with E-state index in [0.29, 0.717) is 5.41 Å². The molecule has 0 spiro atoms. The van der Waals surface area contributed by atoms with Crippen molar-refractivity contribution in [1.29, 1.82) is 0 Å². The highest BCUT2D eigenvalue weighted by Gasteiger charge is 2.26. The molecule has 1 nitrogen and oxygen atoms in total. The minimum Gasteiger partial charge on any atom is -0.497 e. The molecule has 0 aliphatic carbocycles. The molecule has 0 radical (unpaired) electrons. The number of ether oxygens (including phenoxy) is 1. The first-order valence-corrected chi connectivity index (χ1v) is 8.00. The third-order valence-corrected chi connectivity index (χ3v) is 5.00. The van der Waals surface area contributed by atoms with Gasteiger partial charge in [-0.25, -0.2) is 0 Å². The Labute approximate surface area is 120 Å². The molecule has 0 saturated heterocycles. The Balaban J connectivity index is 2.81. The lowest BCUT2D eigenvalue weighted by molar-refractivity contribution is 0.283. The van der Waals surface area contributed by atoms with E-state index in [-0.39, 0.29) is 0 Å². The van der Waals surface area contributed by atoms with E-state index in [2.05, 4.69) is 48.0 Å². The standard InChI is InChI=1S/C16H25BrO/c1-4-6-10-16(5-2,13-17)12-14-8-7-9-15(11-14)18-3/h7-9,11H,4-6,10,12-13H2,1-3H3. The number of rotatable bonds is 8. The molecule has 0 aromatic heterocycles. The topological polar surface area (TPSA) is 9.23 Å². The fourth-order valence-corrected chi connectivity index (χ4v) is 3.24. The van der Waals surface area contributed by atoms with Crippen LogP contribution in [0.5, 0.6) is 5.75 Å². The van der Waals surface area contributed by atoms with Crippen LogP contribution in [0.15, 0.2) is 24.3 Å². The van der Waals surface area contributed by atoms with Gasteiger partial charge < -0.3 is 4.74 Å². The molecule has 0 fully saturated rings. The van der Waals surface area contributed by atoms with Crippen molar-refractivity contribution >= 4 is 15.9 Å². The Kier molecular flexibility index (Phi) is 6.77. The first kappa shape index (κ1) is 15.6. The van der Waals surface area contributed by atoms with Gasteiger partial charge >= 0.3 is 0 Å². The van der Waals surface area contributed by atoms with Gasteiger partial charge in [0.15, 0.2) is 0 Å². The maximum Gasteiger partial charge on any atom is 0.119 e. The second-order valence-corrected chi connectivity index (χ2v) is 5.68. The summed E-state index contributed by atoms with van der Waals surface area (Å²) in [6, 6.07) is 8.47. The molecule has 1 atom stereocenters. The molecular formula is C16H25BrO. The van der Waals surface area contributed by atoms with E-state index in [1.165, 1.54) is 31.2 Å². The highest BCUT2D eigenvalue weighted by molar-refractivity contribution is 9.09. The molecule has 1 unspecified atom stereocenters. The fourth-order valence-electron chi connectivity index (χ4n) is 2.37. The molecule has 0 aliphatic heterocycles. The van der Waals surface area contributed by atoms with Gasteiger partial charge in [0, 0.05) is 5.33 Å². The first-order chi connectivity index (χ1) is 8.69. The molecule has 0 amide bonds. The smallest absolute Gasteiger partial charge is 0.119 e.